The summed E-state index contributed by atoms with van der Waals surface area (Å²) in [5.41, 5.74) is 1.01. The Kier molecular flexibility index (Phi) is 6.62. The van der Waals surface area contributed by atoms with Gasteiger partial charge in [-0.25, -0.2) is 0 Å². The van der Waals surface area contributed by atoms with Crippen LogP contribution in [0.25, 0.3) is 0 Å². The average molecular weight is 377 g/mol. The van der Waals surface area contributed by atoms with E-state index in [9.17, 15) is 9.59 Å². The smallest absolute Gasteiger partial charge is 0.258 e. The molecule has 2 rings (SSSR count). The first-order valence-electron chi connectivity index (χ1n) is 7.09. The number of benzene rings is 2. The third kappa shape index (κ3) is 6.52. The van der Waals surface area contributed by atoms with Gasteiger partial charge in [0.25, 0.3) is 5.91 Å². The molecule has 0 fully saturated rings. The molecular formula is C17H17BrN2O3. The number of ether oxygens (including phenoxy) is 1. The van der Waals surface area contributed by atoms with Gasteiger partial charge in [-0.05, 0) is 29.8 Å². The van der Waals surface area contributed by atoms with Gasteiger partial charge in [0.05, 0.1) is 6.54 Å². The maximum absolute atomic E-state index is 11.7. The summed E-state index contributed by atoms with van der Waals surface area (Å²) in [6.45, 7) is 0.230. The molecule has 6 heteroatoms. The van der Waals surface area contributed by atoms with Crippen molar-refractivity contribution in [3.05, 3.63) is 64.6 Å². The third-order valence-corrected chi connectivity index (χ3v) is 3.49. The SMILES string of the molecule is O=C(CNC(=O)COc1ccc(Br)cc1)NCc1ccccc1. The van der Waals surface area contributed by atoms with E-state index < -0.39 is 0 Å². The van der Waals surface area contributed by atoms with E-state index in [-0.39, 0.29) is 25.0 Å². The minimum absolute atomic E-state index is 0.0740. The van der Waals surface area contributed by atoms with E-state index in [2.05, 4.69) is 26.6 Å². The normalized spacial score (nSPS) is 9.96. The van der Waals surface area contributed by atoms with Gasteiger partial charge in [0, 0.05) is 11.0 Å². The highest BCUT2D eigenvalue weighted by atomic mass is 79.9. The second-order valence-electron chi connectivity index (χ2n) is 4.78. The standard InChI is InChI=1S/C17H17BrN2O3/c18-14-6-8-15(9-7-14)23-12-17(22)20-11-16(21)19-10-13-4-2-1-3-5-13/h1-9H,10-12H2,(H,19,21)(H,20,22). The van der Waals surface area contributed by atoms with Crippen LogP contribution in [-0.4, -0.2) is 25.0 Å². The molecule has 0 unspecified atom stereocenters. The first kappa shape index (κ1) is 17.0. The number of nitrogens with one attached hydrogen (secondary N) is 2. The van der Waals surface area contributed by atoms with Gasteiger partial charge in [0.15, 0.2) is 6.61 Å². The highest BCUT2D eigenvalue weighted by Crippen LogP contribution is 2.15. The van der Waals surface area contributed by atoms with Gasteiger partial charge >= 0.3 is 0 Å². The lowest BCUT2D eigenvalue weighted by Gasteiger charge is -2.08. The predicted molar refractivity (Wildman–Crippen MR) is 90.9 cm³/mol. The molecule has 0 aliphatic carbocycles. The summed E-state index contributed by atoms with van der Waals surface area (Å²) in [5.74, 6) is 0.00510. The zero-order chi connectivity index (χ0) is 16.5. The second-order valence-corrected chi connectivity index (χ2v) is 5.70. The Hall–Kier alpha value is -2.34. The van der Waals surface area contributed by atoms with Crippen molar-refractivity contribution in [2.75, 3.05) is 13.2 Å². The largest absolute Gasteiger partial charge is 0.484 e. The lowest BCUT2D eigenvalue weighted by molar-refractivity contribution is -0.127. The molecule has 0 saturated heterocycles. The third-order valence-electron chi connectivity index (χ3n) is 2.96. The molecule has 0 bridgehead atoms. The molecule has 0 aromatic heterocycles. The Labute approximate surface area is 143 Å². The Morgan fingerprint density at radius 2 is 1.61 bits per heavy atom. The van der Waals surface area contributed by atoms with E-state index in [0.29, 0.717) is 12.3 Å². The summed E-state index contributed by atoms with van der Waals surface area (Å²) >= 11 is 3.32. The van der Waals surface area contributed by atoms with Crippen LogP contribution in [0.15, 0.2) is 59.1 Å². The van der Waals surface area contributed by atoms with Crippen molar-refractivity contribution in [1.82, 2.24) is 10.6 Å². The molecule has 0 saturated carbocycles. The van der Waals surface area contributed by atoms with Gasteiger partial charge in [0.2, 0.25) is 5.91 Å². The molecule has 5 nitrogen and oxygen atoms in total. The molecule has 2 amide bonds. The van der Waals surface area contributed by atoms with Crippen LogP contribution >= 0.6 is 15.9 Å². The van der Waals surface area contributed by atoms with E-state index in [4.69, 9.17) is 4.74 Å². The molecule has 0 atom stereocenters. The van der Waals surface area contributed by atoms with Gasteiger partial charge in [-0.1, -0.05) is 46.3 Å². The number of rotatable bonds is 7. The van der Waals surface area contributed by atoms with Crippen molar-refractivity contribution in [3.63, 3.8) is 0 Å². The second kappa shape index (κ2) is 8.95. The molecule has 0 aliphatic rings. The molecule has 2 aromatic rings. The molecule has 2 N–H and O–H groups in total. The average Bonchev–Trinajstić information content (AvgIpc) is 2.58. The van der Waals surface area contributed by atoms with Gasteiger partial charge in [-0.3, -0.25) is 9.59 Å². The number of amides is 2. The van der Waals surface area contributed by atoms with Crippen LogP contribution in [0.2, 0.25) is 0 Å². The minimum atomic E-state index is -0.345. The Balaban J connectivity index is 1.63. The van der Waals surface area contributed by atoms with Crippen molar-refractivity contribution in [2.45, 2.75) is 6.54 Å². The molecule has 0 radical (unpaired) electrons. The van der Waals surface area contributed by atoms with Crippen molar-refractivity contribution in [3.8, 4) is 5.75 Å². The Morgan fingerprint density at radius 1 is 0.913 bits per heavy atom. The summed E-state index contributed by atoms with van der Waals surface area (Å²) in [6.07, 6.45) is 0. The quantitative estimate of drug-likeness (QED) is 0.778. The zero-order valence-corrected chi connectivity index (χ0v) is 14.0. The molecular weight excluding hydrogens is 360 g/mol. The van der Waals surface area contributed by atoms with Crippen molar-refractivity contribution >= 4 is 27.7 Å². The Bertz CT molecular complexity index is 645. The van der Waals surface area contributed by atoms with Gasteiger partial charge in [-0.15, -0.1) is 0 Å². The fourth-order valence-electron chi connectivity index (χ4n) is 1.77. The summed E-state index contributed by atoms with van der Waals surface area (Å²) in [6, 6.07) is 16.7. The summed E-state index contributed by atoms with van der Waals surface area (Å²) < 4.78 is 6.25. The van der Waals surface area contributed by atoms with Crippen LogP contribution in [-0.2, 0) is 16.1 Å². The number of halogens is 1. The molecule has 0 heterocycles. The molecule has 120 valence electrons. The lowest BCUT2D eigenvalue weighted by Crippen LogP contribution is -2.38. The van der Waals surface area contributed by atoms with Crippen LogP contribution in [0.1, 0.15) is 5.56 Å². The monoisotopic (exact) mass is 376 g/mol. The van der Waals surface area contributed by atoms with E-state index in [1.807, 2.05) is 42.5 Å². The topological polar surface area (TPSA) is 67.4 Å². The minimum Gasteiger partial charge on any atom is -0.484 e. The summed E-state index contributed by atoms with van der Waals surface area (Å²) in [7, 11) is 0. The number of carbonyl (C=O) groups excluding carboxylic acids is 2. The molecule has 2 aromatic carbocycles. The van der Waals surface area contributed by atoms with Crippen molar-refractivity contribution in [2.24, 2.45) is 0 Å². The molecule has 0 aliphatic heterocycles. The number of hydrogen-bond acceptors (Lipinski definition) is 3. The summed E-state index contributed by atoms with van der Waals surface area (Å²) in [5, 5.41) is 5.25. The van der Waals surface area contributed by atoms with Crippen molar-refractivity contribution < 1.29 is 14.3 Å². The predicted octanol–water partition coefficient (Wildman–Crippen LogP) is 2.26. The zero-order valence-electron chi connectivity index (χ0n) is 12.4. The van der Waals surface area contributed by atoms with E-state index in [0.717, 1.165) is 10.0 Å². The fourth-order valence-corrected chi connectivity index (χ4v) is 2.03. The maximum atomic E-state index is 11.7. The first-order valence-corrected chi connectivity index (χ1v) is 7.88. The van der Waals surface area contributed by atoms with Gasteiger partial charge < -0.3 is 15.4 Å². The summed E-state index contributed by atoms with van der Waals surface area (Å²) in [4.78, 5) is 23.3. The lowest BCUT2D eigenvalue weighted by atomic mass is 10.2. The van der Waals surface area contributed by atoms with E-state index in [1.165, 1.54) is 0 Å². The van der Waals surface area contributed by atoms with Gasteiger partial charge in [-0.2, -0.15) is 0 Å². The van der Waals surface area contributed by atoms with Gasteiger partial charge in [0.1, 0.15) is 5.75 Å². The van der Waals surface area contributed by atoms with E-state index >= 15 is 0 Å². The van der Waals surface area contributed by atoms with Crippen LogP contribution in [0.5, 0.6) is 5.75 Å². The fraction of sp³-hybridized carbons (Fsp3) is 0.176. The molecule has 23 heavy (non-hydrogen) atoms. The maximum Gasteiger partial charge on any atom is 0.258 e. The Morgan fingerprint density at radius 3 is 2.30 bits per heavy atom. The van der Waals surface area contributed by atoms with Crippen molar-refractivity contribution in [1.29, 1.82) is 0 Å². The van der Waals surface area contributed by atoms with Crippen LogP contribution in [0.3, 0.4) is 0 Å². The van der Waals surface area contributed by atoms with Crippen LogP contribution < -0.4 is 15.4 Å². The van der Waals surface area contributed by atoms with Crippen LogP contribution in [0, 0.1) is 0 Å². The number of hydrogen-bond donors (Lipinski definition) is 2. The van der Waals surface area contributed by atoms with E-state index in [1.54, 1.807) is 12.1 Å². The number of carbonyl (C=O) groups is 2. The highest BCUT2D eigenvalue weighted by Gasteiger charge is 2.06. The van der Waals surface area contributed by atoms with Crippen LogP contribution in [0.4, 0.5) is 0 Å². The molecule has 0 spiro atoms. The highest BCUT2D eigenvalue weighted by molar-refractivity contribution is 9.10. The first-order chi connectivity index (χ1) is 11.1.